The minimum absolute atomic E-state index is 0.265. The number of Topliss-reactive ketones (excluding diaryl/α,β-unsaturated/α-hetero) is 2. The molecule has 0 aromatic carbocycles. The van der Waals surface area contributed by atoms with E-state index < -0.39 is 0 Å². The molecule has 0 N–H and O–H groups in total. The summed E-state index contributed by atoms with van der Waals surface area (Å²) in [5.74, 6) is 4.25. The Morgan fingerprint density at radius 2 is 1.70 bits per heavy atom. The number of hydrogen-bond donors (Lipinski definition) is 0. The van der Waals surface area contributed by atoms with Gasteiger partial charge in [-0.2, -0.15) is 0 Å². The highest BCUT2D eigenvalue weighted by atomic mass is 16.2. The van der Waals surface area contributed by atoms with Gasteiger partial charge in [-0.05, 0) is 86.4 Å². The van der Waals surface area contributed by atoms with Crippen LogP contribution in [0.1, 0.15) is 78.6 Å². The lowest BCUT2D eigenvalue weighted by molar-refractivity contribution is -0.143. The molecule has 0 aromatic heterocycles. The second kappa shape index (κ2) is 5.17. The van der Waals surface area contributed by atoms with Crippen molar-refractivity contribution in [1.82, 2.24) is 0 Å². The molecule has 7 atom stereocenters. The zero-order chi connectivity index (χ0) is 16.4. The van der Waals surface area contributed by atoms with Gasteiger partial charge in [0, 0.05) is 18.8 Å². The summed E-state index contributed by atoms with van der Waals surface area (Å²) in [5.41, 5.74) is 0.660. The van der Waals surface area contributed by atoms with Gasteiger partial charge in [0.05, 0.1) is 0 Å². The first-order valence-electron chi connectivity index (χ1n) is 9.88. The Balaban J connectivity index is 1.63. The first-order valence-corrected chi connectivity index (χ1v) is 9.88. The maximum Gasteiger partial charge on any atom is 0.133 e. The van der Waals surface area contributed by atoms with Crippen molar-refractivity contribution in [3.8, 4) is 0 Å². The lowest BCUT2D eigenvalue weighted by Gasteiger charge is -2.60. The van der Waals surface area contributed by atoms with Gasteiger partial charge in [-0.25, -0.2) is 0 Å². The summed E-state index contributed by atoms with van der Waals surface area (Å²) in [4.78, 5) is 24.1. The van der Waals surface area contributed by atoms with Gasteiger partial charge >= 0.3 is 0 Å². The molecule has 0 unspecified atom stereocenters. The van der Waals surface area contributed by atoms with Crippen LogP contribution < -0.4 is 0 Å². The molecule has 128 valence electrons. The molecule has 0 spiro atoms. The van der Waals surface area contributed by atoms with Gasteiger partial charge < -0.3 is 0 Å². The minimum atomic E-state index is 0.265. The van der Waals surface area contributed by atoms with Crippen molar-refractivity contribution in [3.05, 3.63) is 0 Å². The first-order chi connectivity index (χ1) is 10.9. The largest absolute Gasteiger partial charge is 0.300 e. The quantitative estimate of drug-likeness (QED) is 0.650. The van der Waals surface area contributed by atoms with Gasteiger partial charge in [0.25, 0.3) is 0 Å². The maximum absolute atomic E-state index is 12.2. The Bertz CT molecular complexity index is 538. The van der Waals surface area contributed by atoms with Crippen LogP contribution in [0.25, 0.3) is 0 Å². The highest BCUT2D eigenvalue weighted by molar-refractivity contribution is 5.80. The molecule has 4 aliphatic rings. The summed E-state index contributed by atoms with van der Waals surface area (Å²) in [6.07, 6.45) is 10.3. The van der Waals surface area contributed by atoms with Crippen LogP contribution >= 0.6 is 0 Å². The predicted octanol–water partition coefficient (Wildman–Crippen LogP) is 4.80. The molecule has 0 aliphatic heterocycles. The van der Waals surface area contributed by atoms with Crippen molar-refractivity contribution in [2.75, 3.05) is 0 Å². The predicted molar refractivity (Wildman–Crippen MR) is 90.9 cm³/mol. The average molecular weight is 321 g/mol. The monoisotopic (exact) mass is 321 g/mol. The van der Waals surface area contributed by atoms with Crippen molar-refractivity contribution in [2.24, 2.45) is 40.4 Å². The molecule has 2 nitrogen and oxygen atoms in total. The van der Waals surface area contributed by atoms with Gasteiger partial charge in [-0.1, -0.05) is 13.8 Å². The van der Waals surface area contributed by atoms with E-state index in [1.807, 2.05) is 6.92 Å². The number of carbonyl (C=O) groups is 2. The topological polar surface area (TPSA) is 34.1 Å². The smallest absolute Gasteiger partial charge is 0.133 e. The second-order valence-electron chi connectivity index (χ2n) is 9.68. The number of hydrogen-bond acceptors (Lipinski definition) is 2. The van der Waals surface area contributed by atoms with Crippen molar-refractivity contribution in [3.63, 3.8) is 0 Å². The molecular formula is C21H32O2. The van der Waals surface area contributed by atoms with E-state index in [0.29, 0.717) is 28.8 Å². The first kappa shape index (κ1) is 15.8. The molecule has 2 heteroatoms. The van der Waals surface area contributed by atoms with Crippen LogP contribution in [0.5, 0.6) is 0 Å². The molecule has 0 amide bonds. The summed E-state index contributed by atoms with van der Waals surface area (Å²) >= 11 is 0. The molecule has 23 heavy (non-hydrogen) atoms. The average Bonchev–Trinajstić information content (AvgIpc) is 2.85. The minimum Gasteiger partial charge on any atom is -0.300 e. The normalized spacial score (nSPS) is 52.5. The molecule has 0 aromatic rings. The summed E-state index contributed by atoms with van der Waals surface area (Å²) in [5, 5.41) is 0. The van der Waals surface area contributed by atoms with Crippen LogP contribution in [0.15, 0.2) is 0 Å². The third-order valence-electron chi connectivity index (χ3n) is 8.97. The number of fused-ring (bicyclic) bond motifs is 5. The summed E-state index contributed by atoms with van der Waals surface area (Å²) in [7, 11) is 0. The standard InChI is InChI=1S/C21H32O2/c1-13(22)17-6-7-18-16-5-4-14-12-15(23)8-10-20(14,2)19(16)9-11-21(17,18)3/h14,16-19H,4-12H2,1-3H3/t14-,16-,17+,18-,19-,20-,21+/m0/s1/i1+1,8+1,12+1,13+1,15+1. The Hall–Kier alpha value is -0.660. The van der Waals surface area contributed by atoms with Gasteiger partial charge in [-0.15, -0.1) is 0 Å². The lowest BCUT2D eigenvalue weighted by atomic mass is 9.47. The van der Waals surface area contributed by atoms with E-state index in [-0.39, 0.29) is 5.41 Å². The summed E-state index contributed by atoms with van der Waals surface area (Å²) in [6, 6.07) is 0. The SMILES string of the molecule is C[C@]12C[13CH2][13C](=O)[13CH2][C@@H]1CC[C@@H]1[C@@H]2CC[C@]2(C)[C@@H]([13C]([13CH3])=O)CC[C@@H]12. The van der Waals surface area contributed by atoms with E-state index in [1.165, 1.54) is 32.1 Å². The van der Waals surface area contributed by atoms with Crippen LogP contribution in [-0.4, -0.2) is 11.6 Å². The van der Waals surface area contributed by atoms with Crippen LogP contribution in [0.4, 0.5) is 0 Å². The Kier molecular flexibility index (Phi) is 3.56. The Labute approximate surface area is 140 Å². The third kappa shape index (κ3) is 2.12. The van der Waals surface area contributed by atoms with Crippen molar-refractivity contribution < 1.29 is 9.59 Å². The van der Waals surface area contributed by atoms with E-state index in [2.05, 4.69) is 13.8 Å². The summed E-state index contributed by atoms with van der Waals surface area (Å²) in [6.45, 7) is 6.74. The van der Waals surface area contributed by atoms with Crippen LogP contribution in [0.2, 0.25) is 0 Å². The van der Waals surface area contributed by atoms with Crippen molar-refractivity contribution >= 4 is 11.6 Å². The molecule has 4 saturated carbocycles. The fourth-order valence-electron chi connectivity index (χ4n) is 7.71. The highest BCUT2D eigenvalue weighted by Crippen LogP contribution is 2.67. The molecule has 0 heterocycles. The molecule has 0 saturated heterocycles. The fraction of sp³-hybridized carbons (Fsp3) is 0.905. The van der Waals surface area contributed by atoms with Gasteiger partial charge in [0.2, 0.25) is 0 Å². The van der Waals surface area contributed by atoms with Crippen LogP contribution in [0.3, 0.4) is 0 Å². The molecule has 4 fully saturated rings. The zero-order valence-corrected chi connectivity index (χ0v) is 15.1. The van der Waals surface area contributed by atoms with Gasteiger partial charge in [0.15, 0.2) is 0 Å². The third-order valence-corrected chi connectivity index (χ3v) is 8.97. The molecule has 4 rings (SSSR count). The van der Waals surface area contributed by atoms with Crippen LogP contribution in [-0.2, 0) is 9.59 Å². The summed E-state index contributed by atoms with van der Waals surface area (Å²) < 4.78 is 0. The fourth-order valence-corrected chi connectivity index (χ4v) is 7.71. The molecular weight excluding hydrogens is 289 g/mol. The Morgan fingerprint density at radius 1 is 0.957 bits per heavy atom. The van der Waals surface area contributed by atoms with E-state index in [9.17, 15) is 9.59 Å². The van der Waals surface area contributed by atoms with Crippen LogP contribution in [0, 0.1) is 40.4 Å². The molecule has 0 bridgehead atoms. The van der Waals surface area contributed by atoms with Gasteiger partial charge in [-0.3, -0.25) is 9.59 Å². The molecule has 0 radical (unpaired) electrons. The van der Waals surface area contributed by atoms with E-state index in [0.717, 1.165) is 43.4 Å². The van der Waals surface area contributed by atoms with E-state index in [1.54, 1.807) is 0 Å². The number of rotatable bonds is 1. The highest BCUT2D eigenvalue weighted by Gasteiger charge is 2.60. The number of carbonyl (C=O) groups excluding carboxylic acids is 2. The van der Waals surface area contributed by atoms with E-state index in [4.69, 9.17) is 0 Å². The van der Waals surface area contributed by atoms with Gasteiger partial charge in [0.1, 0.15) is 11.6 Å². The Morgan fingerprint density at radius 3 is 2.43 bits per heavy atom. The van der Waals surface area contributed by atoms with Crippen molar-refractivity contribution in [1.29, 1.82) is 0 Å². The number of ketones is 2. The second-order valence-corrected chi connectivity index (χ2v) is 9.68. The zero-order valence-electron chi connectivity index (χ0n) is 15.1. The van der Waals surface area contributed by atoms with Crippen molar-refractivity contribution in [2.45, 2.75) is 78.6 Å². The lowest BCUT2D eigenvalue weighted by Crippen LogP contribution is -2.53. The molecule has 4 aliphatic carbocycles. The maximum atomic E-state index is 12.2. The van der Waals surface area contributed by atoms with E-state index >= 15 is 0 Å².